The molecule has 0 radical (unpaired) electrons. The van der Waals surface area contributed by atoms with E-state index in [4.69, 9.17) is 9.47 Å². The van der Waals surface area contributed by atoms with E-state index in [0.29, 0.717) is 10.9 Å². The van der Waals surface area contributed by atoms with Gasteiger partial charge in [0.25, 0.3) is 0 Å². The average molecular weight is 500 g/mol. The molecular formula is C29H42NO4P. The zero-order chi connectivity index (χ0) is 26.8. The summed E-state index contributed by atoms with van der Waals surface area (Å²) in [6.07, 6.45) is 2.23. The Kier molecular flexibility index (Phi) is 6.75. The van der Waals surface area contributed by atoms with Crippen molar-refractivity contribution in [3.8, 4) is 0 Å². The Balaban J connectivity index is 2.45. The molecule has 0 saturated carbocycles. The second kappa shape index (κ2) is 8.56. The Morgan fingerprint density at radius 3 is 1.69 bits per heavy atom. The third kappa shape index (κ3) is 5.13. The lowest BCUT2D eigenvalue weighted by Crippen LogP contribution is -2.49. The summed E-state index contributed by atoms with van der Waals surface area (Å²) in [5.74, 6) is -0.906. The maximum atomic E-state index is 14.0. The van der Waals surface area contributed by atoms with E-state index < -0.39 is 36.8 Å². The highest BCUT2D eigenvalue weighted by Crippen LogP contribution is 2.79. The number of nitrogens with zero attached hydrogens (tertiary/aromatic N) is 1. The van der Waals surface area contributed by atoms with Crippen LogP contribution in [0.15, 0.2) is 52.6 Å². The minimum atomic E-state index is -1.31. The SMILES string of the molecule is CC(C)(C)OC(=O)C1=C(C(=O)OC(C)(C)C)C2(c3ccccc3)C=C(C(C)(C)C)P1N2C(C)(C)C. The van der Waals surface area contributed by atoms with Crippen molar-refractivity contribution >= 4 is 20.0 Å². The van der Waals surface area contributed by atoms with Gasteiger partial charge < -0.3 is 9.47 Å². The van der Waals surface area contributed by atoms with Crippen molar-refractivity contribution in [3.05, 3.63) is 58.2 Å². The predicted octanol–water partition coefficient (Wildman–Crippen LogP) is 7.27. The van der Waals surface area contributed by atoms with Crippen LogP contribution in [0.25, 0.3) is 0 Å². The molecule has 6 heteroatoms. The summed E-state index contributed by atoms with van der Waals surface area (Å²) in [4.78, 5) is 27.9. The third-order valence-corrected chi connectivity index (χ3v) is 9.15. The van der Waals surface area contributed by atoms with E-state index in [0.717, 1.165) is 5.56 Å². The molecule has 2 aliphatic rings. The largest absolute Gasteiger partial charge is 0.457 e. The Bertz CT molecular complexity index is 1070. The summed E-state index contributed by atoms with van der Waals surface area (Å²) < 4.78 is 14.3. The number of benzene rings is 1. The molecule has 0 spiro atoms. The van der Waals surface area contributed by atoms with Crippen molar-refractivity contribution < 1.29 is 19.1 Å². The quantitative estimate of drug-likeness (QED) is 0.323. The number of ether oxygens (including phenoxy) is 2. The minimum absolute atomic E-state index is 0.210. The van der Waals surface area contributed by atoms with Crippen LogP contribution in [0.1, 0.15) is 88.6 Å². The number of carbonyl (C=O) groups excluding carboxylic acids is 2. The fourth-order valence-corrected chi connectivity index (χ4v) is 8.25. The van der Waals surface area contributed by atoms with Crippen LogP contribution in [-0.4, -0.2) is 33.4 Å². The first-order chi connectivity index (χ1) is 15.7. The predicted molar refractivity (Wildman–Crippen MR) is 143 cm³/mol. The van der Waals surface area contributed by atoms with Crippen molar-refractivity contribution in [2.45, 2.75) is 105 Å². The second-order valence-corrected chi connectivity index (χ2v) is 15.4. The van der Waals surface area contributed by atoms with Crippen molar-refractivity contribution in [2.24, 2.45) is 5.41 Å². The molecule has 3 rings (SSSR count). The lowest BCUT2D eigenvalue weighted by Gasteiger charge is -2.45. The van der Waals surface area contributed by atoms with Gasteiger partial charge >= 0.3 is 11.9 Å². The molecule has 2 aliphatic heterocycles. The summed E-state index contributed by atoms with van der Waals surface area (Å²) in [5.41, 5.74) is -1.57. The number of hydrogen-bond donors (Lipinski definition) is 0. The first-order valence-corrected chi connectivity index (χ1v) is 13.6. The molecule has 0 fully saturated rings. The lowest BCUT2D eigenvalue weighted by atomic mass is 9.77. The van der Waals surface area contributed by atoms with Gasteiger partial charge in [-0.3, -0.25) is 4.67 Å². The molecule has 0 N–H and O–H groups in total. The number of fused-ring (bicyclic) bond motifs is 2. The van der Waals surface area contributed by atoms with E-state index in [1.54, 1.807) is 0 Å². The summed E-state index contributed by atoms with van der Waals surface area (Å²) in [6.45, 7) is 24.1. The fraction of sp³-hybridized carbons (Fsp3) is 0.586. The summed E-state index contributed by atoms with van der Waals surface area (Å²) in [7, 11) is -1.31. The van der Waals surface area contributed by atoms with Gasteiger partial charge in [-0.25, -0.2) is 9.59 Å². The molecule has 2 heterocycles. The number of allylic oxidation sites excluding steroid dienone is 1. The summed E-state index contributed by atoms with van der Waals surface area (Å²) in [5, 5.41) is 1.62. The van der Waals surface area contributed by atoms with Gasteiger partial charge in [-0.2, -0.15) is 0 Å². The smallest absolute Gasteiger partial charge is 0.341 e. The monoisotopic (exact) mass is 499 g/mol. The van der Waals surface area contributed by atoms with Crippen LogP contribution < -0.4 is 0 Å². The average Bonchev–Trinajstić information content (AvgIpc) is 3.16. The topological polar surface area (TPSA) is 55.8 Å². The van der Waals surface area contributed by atoms with Crippen molar-refractivity contribution in [1.29, 1.82) is 0 Å². The first kappa shape index (κ1) is 27.6. The molecule has 5 nitrogen and oxygen atoms in total. The highest BCUT2D eigenvalue weighted by molar-refractivity contribution is 7.66. The van der Waals surface area contributed by atoms with Gasteiger partial charge in [0.05, 0.1) is 10.9 Å². The Morgan fingerprint density at radius 1 is 0.771 bits per heavy atom. The van der Waals surface area contributed by atoms with Crippen LogP contribution in [0.2, 0.25) is 0 Å². The molecule has 1 aromatic rings. The molecule has 1 aromatic carbocycles. The zero-order valence-electron chi connectivity index (χ0n) is 23.5. The number of rotatable bonds is 3. The van der Waals surface area contributed by atoms with Gasteiger partial charge in [0.2, 0.25) is 0 Å². The van der Waals surface area contributed by atoms with Crippen molar-refractivity contribution in [3.63, 3.8) is 0 Å². The third-order valence-electron chi connectivity index (χ3n) is 5.75. The summed E-state index contributed by atoms with van der Waals surface area (Å²) in [6, 6.07) is 10.0. The van der Waals surface area contributed by atoms with Crippen LogP contribution in [0, 0.1) is 5.41 Å². The van der Waals surface area contributed by atoms with Crippen LogP contribution in [-0.2, 0) is 24.6 Å². The Hall–Kier alpha value is -1.97. The van der Waals surface area contributed by atoms with Gasteiger partial charge in [0.1, 0.15) is 16.7 Å². The lowest BCUT2D eigenvalue weighted by molar-refractivity contribution is -0.153. The van der Waals surface area contributed by atoms with Gasteiger partial charge in [-0.1, -0.05) is 51.1 Å². The Morgan fingerprint density at radius 2 is 1.26 bits per heavy atom. The van der Waals surface area contributed by atoms with Crippen LogP contribution in [0.5, 0.6) is 0 Å². The molecule has 2 bridgehead atoms. The number of esters is 2. The van der Waals surface area contributed by atoms with Gasteiger partial charge in [0.15, 0.2) is 0 Å². The molecule has 192 valence electrons. The number of hydrogen-bond acceptors (Lipinski definition) is 5. The molecule has 0 amide bonds. The molecule has 2 atom stereocenters. The fourth-order valence-electron chi connectivity index (χ4n) is 4.77. The van der Waals surface area contributed by atoms with E-state index in [9.17, 15) is 9.59 Å². The molecule has 2 unspecified atom stereocenters. The highest BCUT2D eigenvalue weighted by Gasteiger charge is 2.66. The van der Waals surface area contributed by atoms with E-state index in [2.05, 4.69) is 52.3 Å². The summed E-state index contributed by atoms with van der Waals surface area (Å²) >= 11 is 0. The van der Waals surface area contributed by atoms with E-state index in [1.165, 1.54) is 5.31 Å². The normalized spacial score (nSPS) is 23.4. The molecule has 0 aromatic heterocycles. The maximum absolute atomic E-state index is 14.0. The van der Waals surface area contributed by atoms with Gasteiger partial charge in [0, 0.05) is 13.6 Å². The highest BCUT2D eigenvalue weighted by atomic mass is 31.1. The van der Waals surface area contributed by atoms with E-state index >= 15 is 0 Å². The van der Waals surface area contributed by atoms with E-state index in [1.807, 2.05) is 71.9 Å². The van der Waals surface area contributed by atoms with Crippen molar-refractivity contribution in [1.82, 2.24) is 4.67 Å². The molecule has 0 saturated heterocycles. The van der Waals surface area contributed by atoms with Gasteiger partial charge in [-0.15, -0.1) is 0 Å². The van der Waals surface area contributed by atoms with Crippen LogP contribution in [0.3, 0.4) is 0 Å². The first-order valence-electron chi connectivity index (χ1n) is 12.3. The number of carbonyl (C=O) groups is 2. The van der Waals surface area contributed by atoms with Crippen LogP contribution >= 0.6 is 8.07 Å². The molecule has 35 heavy (non-hydrogen) atoms. The van der Waals surface area contributed by atoms with Gasteiger partial charge in [-0.05, 0) is 84.7 Å². The van der Waals surface area contributed by atoms with Crippen molar-refractivity contribution in [2.75, 3.05) is 0 Å². The van der Waals surface area contributed by atoms with E-state index in [-0.39, 0.29) is 11.0 Å². The second-order valence-electron chi connectivity index (χ2n) is 13.4. The standard InChI is InChI=1S/C29H42NO4P/c1-25(2,3)20-18-29(19-16-14-13-15-17-19)21(23(31)33-27(7,8)9)22(24(32)34-28(10,11)12)35(20)30(29)26(4,5)6/h13-18H,1-12H3. The van der Waals surface area contributed by atoms with Crippen LogP contribution in [0.4, 0.5) is 0 Å². The minimum Gasteiger partial charge on any atom is -0.457 e. The molecule has 0 aliphatic carbocycles. The molecular weight excluding hydrogens is 457 g/mol. The Labute approximate surface area is 212 Å². The maximum Gasteiger partial charge on any atom is 0.341 e. The zero-order valence-corrected chi connectivity index (χ0v) is 24.4.